The monoisotopic (exact) mass is 379 g/mol. The number of aliphatic hydroxyl groups is 1. The molecule has 1 saturated heterocycles. The Morgan fingerprint density at radius 1 is 1.07 bits per heavy atom. The number of nitrogens with two attached hydrogens (primary N) is 1. The van der Waals surface area contributed by atoms with Crippen molar-refractivity contribution in [1.29, 1.82) is 0 Å². The summed E-state index contributed by atoms with van der Waals surface area (Å²) in [5.41, 5.74) is 9.83. The zero-order valence-electron chi connectivity index (χ0n) is 16.2. The van der Waals surface area contributed by atoms with Crippen LogP contribution < -0.4 is 11.1 Å². The van der Waals surface area contributed by atoms with Gasteiger partial charge >= 0.3 is 0 Å². The maximum absolute atomic E-state index is 12.8. The molecule has 2 aliphatic rings. The highest BCUT2D eigenvalue weighted by Gasteiger charge is 2.50. The van der Waals surface area contributed by atoms with Crippen LogP contribution in [0.3, 0.4) is 0 Å². The first kappa shape index (κ1) is 19.1. The maximum Gasteiger partial charge on any atom is 0.230 e. The zero-order chi connectivity index (χ0) is 19.6. The average molecular weight is 380 g/mol. The first-order chi connectivity index (χ1) is 13.6. The normalized spacial score (nSPS) is 20.9. The Balaban J connectivity index is 1.32. The quantitative estimate of drug-likeness (QED) is 0.688. The van der Waals surface area contributed by atoms with E-state index in [0.717, 1.165) is 55.6 Å². The molecular weight excluding hydrogens is 350 g/mol. The molecule has 0 bridgehead atoms. The van der Waals surface area contributed by atoms with Crippen LogP contribution >= 0.6 is 0 Å². The Kier molecular flexibility index (Phi) is 5.49. The fourth-order valence-corrected chi connectivity index (χ4v) is 4.06. The van der Waals surface area contributed by atoms with Gasteiger partial charge in [-0.05, 0) is 41.5 Å². The second-order valence-electron chi connectivity index (χ2n) is 8.16. The molecule has 2 aromatic rings. The number of rotatable bonds is 7. The number of benzene rings is 2. The molecular formula is C23H29N3O2. The van der Waals surface area contributed by atoms with Crippen molar-refractivity contribution in [2.45, 2.75) is 50.4 Å². The van der Waals surface area contributed by atoms with Crippen LogP contribution in [0.15, 0.2) is 48.5 Å². The third-order valence-electron chi connectivity index (χ3n) is 6.06. The van der Waals surface area contributed by atoms with Gasteiger partial charge in [0.15, 0.2) is 0 Å². The van der Waals surface area contributed by atoms with Crippen LogP contribution in [0.2, 0.25) is 0 Å². The number of carbonyl (C=O) groups excluding carboxylic acids is 1. The van der Waals surface area contributed by atoms with Crippen molar-refractivity contribution in [2.75, 3.05) is 13.1 Å². The molecule has 0 aromatic heterocycles. The second-order valence-corrected chi connectivity index (χ2v) is 8.16. The molecule has 0 spiro atoms. The minimum atomic E-state index is -0.357. The van der Waals surface area contributed by atoms with E-state index in [1.54, 1.807) is 0 Å². The molecule has 5 heteroatoms. The fourth-order valence-electron chi connectivity index (χ4n) is 4.06. The third-order valence-corrected chi connectivity index (χ3v) is 6.06. The van der Waals surface area contributed by atoms with Crippen LogP contribution in [0.4, 0.5) is 0 Å². The Labute approximate surface area is 166 Å². The summed E-state index contributed by atoms with van der Waals surface area (Å²) in [6.45, 7) is 3.64. The summed E-state index contributed by atoms with van der Waals surface area (Å²) in [5.74, 6) is 0.114. The lowest BCUT2D eigenvalue weighted by molar-refractivity contribution is -0.123. The molecule has 1 aliphatic heterocycles. The van der Waals surface area contributed by atoms with Crippen LogP contribution in [-0.2, 0) is 29.8 Å². The van der Waals surface area contributed by atoms with Gasteiger partial charge in [-0.2, -0.15) is 0 Å². The molecule has 1 aliphatic carbocycles. The number of carbonyl (C=O) groups is 1. The van der Waals surface area contributed by atoms with E-state index >= 15 is 0 Å². The second kappa shape index (κ2) is 8.03. The molecule has 28 heavy (non-hydrogen) atoms. The predicted octanol–water partition coefficient (Wildman–Crippen LogP) is 2.06. The lowest BCUT2D eigenvalue weighted by Gasteiger charge is -2.17. The molecule has 2 fully saturated rings. The molecule has 1 amide bonds. The van der Waals surface area contributed by atoms with Crippen molar-refractivity contribution in [3.8, 4) is 0 Å². The van der Waals surface area contributed by atoms with Crippen LogP contribution in [0.5, 0.6) is 0 Å². The first-order valence-electron chi connectivity index (χ1n) is 10.1. The van der Waals surface area contributed by atoms with Crippen molar-refractivity contribution < 1.29 is 9.90 Å². The summed E-state index contributed by atoms with van der Waals surface area (Å²) in [5, 5.41) is 12.8. The minimum absolute atomic E-state index is 0.114. The maximum atomic E-state index is 12.8. The van der Waals surface area contributed by atoms with Gasteiger partial charge in [0.25, 0.3) is 0 Å². The molecule has 1 unspecified atom stereocenters. The van der Waals surface area contributed by atoms with Crippen molar-refractivity contribution >= 4 is 5.91 Å². The van der Waals surface area contributed by atoms with Gasteiger partial charge in [0.05, 0.1) is 11.5 Å². The van der Waals surface area contributed by atoms with Crippen molar-refractivity contribution in [3.63, 3.8) is 0 Å². The Bertz CT molecular complexity index is 813. The summed E-state index contributed by atoms with van der Waals surface area (Å²) in [7, 11) is 0. The largest absolute Gasteiger partial charge is 0.392 e. The molecule has 1 heterocycles. The Morgan fingerprint density at radius 3 is 2.29 bits per heavy atom. The Morgan fingerprint density at radius 2 is 1.71 bits per heavy atom. The molecule has 1 atom stereocenters. The number of amides is 1. The zero-order valence-corrected chi connectivity index (χ0v) is 16.2. The highest BCUT2D eigenvalue weighted by molar-refractivity contribution is 5.91. The molecule has 2 aromatic carbocycles. The van der Waals surface area contributed by atoms with Crippen molar-refractivity contribution in [1.82, 2.24) is 10.2 Å². The van der Waals surface area contributed by atoms with E-state index < -0.39 is 0 Å². The fraction of sp³-hybridized carbons (Fsp3) is 0.435. The van der Waals surface area contributed by atoms with Gasteiger partial charge in [0, 0.05) is 32.7 Å². The van der Waals surface area contributed by atoms with Crippen LogP contribution in [0.1, 0.15) is 41.5 Å². The Hall–Kier alpha value is -2.21. The SMILES string of the molecule is NCc1ccc(C2(C(=O)NCc3ccc(CN4CCC(O)C4)cc3)CC2)cc1. The van der Waals surface area contributed by atoms with E-state index in [-0.39, 0.29) is 17.4 Å². The van der Waals surface area contributed by atoms with Gasteiger partial charge in [0.2, 0.25) is 5.91 Å². The lowest BCUT2D eigenvalue weighted by atomic mass is 9.94. The summed E-state index contributed by atoms with van der Waals surface area (Å²) in [6, 6.07) is 16.5. The molecule has 4 rings (SSSR count). The molecule has 0 radical (unpaired) electrons. The summed E-state index contributed by atoms with van der Waals surface area (Å²) < 4.78 is 0. The average Bonchev–Trinajstić information content (AvgIpc) is 3.44. The predicted molar refractivity (Wildman–Crippen MR) is 109 cm³/mol. The number of hydrogen-bond donors (Lipinski definition) is 3. The van der Waals surface area contributed by atoms with Gasteiger partial charge in [-0.15, -0.1) is 0 Å². The van der Waals surface area contributed by atoms with E-state index in [2.05, 4.69) is 34.5 Å². The van der Waals surface area contributed by atoms with E-state index in [0.29, 0.717) is 13.1 Å². The van der Waals surface area contributed by atoms with Crippen LogP contribution in [-0.4, -0.2) is 35.1 Å². The number of β-amino-alcohol motifs (C(OH)–C–C–N with tert-alkyl or cyclic N) is 1. The molecule has 1 saturated carbocycles. The van der Waals surface area contributed by atoms with Gasteiger partial charge in [-0.1, -0.05) is 48.5 Å². The van der Waals surface area contributed by atoms with Crippen molar-refractivity contribution in [2.24, 2.45) is 5.73 Å². The highest BCUT2D eigenvalue weighted by atomic mass is 16.3. The van der Waals surface area contributed by atoms with Gasteiger partial charge in [0.1, 0.15) is 0 Å². The number of hydrogen-bond acceptors (Lipinski definition) is 4. The van der Waals surface area contributed by atoms with Gasteiger partial charge in [-0.3, -0.25) is 9.69 Å². The van der Waals surface area contributed by atoms with Gasteiger partial charge in [-0.25, -0.2) is 0 Å². The lowest BCUT2D eigenvalue weighted by Crippen LogP contribution is -2.34. The van der Waals surface area contributed by atoms with Crippen molar-refractivity contribution in [3.05, 3.63) is 70.8 Å². The molecule has 4 N–H and O–H groups in total. The van der Waals surface area contributed by atoms with Crippen LogP contribution in [0, 0.1) is 0 Å². The first-order valence-corrected chi connectivity index (χ1v) is 10.1. The van der Waals surface area contributed by atoms with E-state index in [9.17, 15) is 9.90 Å². The number of likely N-dealkylation sites (tertiary alicyclic amines) is 1. The van der Waals surface area contributed by atoms with E-state index in [1.165, 1.54) is 5.56 Å². The third kappa shape index (κ3) is 4.12. The highest BCUT2D eigenvalue weighted by Crippen LogP contribution is 2.48. The minimum Gasteiger partial charge on any atom is -0.392 e. The summed E-state index contributed by atoms with van der Waals surface area (Å²) >= 11 is 0. The number of nitrogens with zero attached hydrogens (tertiary/aromatic N) is 1. The van der Waals surface area contributed by atoms with Gasteiger partial charge < -0.3 is 16.2 Å². The summed E-state index contributed by atoms with van der Waals surface area (Å²) in [4.78, 5) is 15.1. The number of aliphatic hydroxyl groups excluding tert-OH is 1. The number of nitrogens with one attached hydrogen (secondary N) is 1. The van der Waals surface area contributed by atoms with Crippen LogP contribution in [0.25, 0.3) is 0 Å². The summed E-state index contributed by atoms with van der Waals surface area (Å²) in [6.07, 6.45) is 2.49. The topological polar surface area (TPSA) is 78.6 Å². The standard InChI is InChI=1S/C23H29N3O2/c24-13-17-5-7-20(8-6-17)23(10-11-23)22(28)25-14-18-1-3-19(4-2-18)15-26-12-9-21(27)16-26/h1-8,21,27H,9-16,24H2,(H,25,28). The molecule has 148 valence electrons. The van der Waals surface area contributed by atoms with E-state index in [1.807, 2.05) is 24.3 Å². The van der Waals surface area contributed by atoms with E-state index in [4.69, 9.17) is 5.73 Å². The smallest absolute Gasteiger partial charge is 0.230 e. The molecule has 5 nitrogen and oxygen atoms in total.